The fraction of sp³-hybridized carbons (Fsp3) is 0.692. The second kappa shape index (κ2) is 7.29. The highest BCUT2D eigenvalue weighted by atomic mass is 32.2. The van der Waals surface area contributed by atoms with Gasteiger partial charge < -0.3 is 15.3 Å². The van der Waals surface area contributed by atoms with Gasteiger partial charge in [0.15, 0.2) is 0 Å². The lowest BCUT2D eigenvalue weighted by molar-refractivity contribution is -0.148. The van der Waals surface area contributed by atoms with Crippen LogP contribution in [0.25, 0.3) is 0 Å². The van der Waals surface area contributed by atoms with Gasteiger partial charge in [0, 0.05) is 25.4 Å². The van der Waals surface area contributed by atoms with Gasteiger partial charge >= 0.3 is 12.0 Å². The number of thioether (sulfide) groups is 1. The highest BCUT2D eigenvalue weighted by Gasteiger charge is 2.44. The molecule has 106 valence electrons. The van der Waals surface area contributed by atoms with Crippen molar-refractivity contribution in [2.75, 3.05) is 31.1 Å². The number of carboxylic acids is 1. The Morgan fingerprint density at radius 2 is 2.32 bits per heavy atom. The Kier molecular flexibility index (Phi) is 6.03. The molecule has 19 heavy (non-hydrogen) atoms. The van der Waals surface area contributed by atoms with E-state index in [1.54, 1.807) is 16.7 Å². The van der Waals surface area contributed by atoms with E-state index in [-0.39, 0.29) is 6.03 Å². The maximum Gasteiger partial charge on any atom is 0.317 e. The summed E-state index contributed by atoms with van der Waals surface area (Å²) in [4.78, 5) is 24.7. The molecule has 1 saturated heterocycles. The van der Waals surface area contributed by atoms with Gasteiger partial charge in [-0.3, -0.25) is 4.79 Å². The maximum absolute atomic E-state index is 11.9. The summed E-state index contributed by atoms with van der Waals surface area (Å²) in [6.07, 6.45) is 6.19. The molecule has 0 aromatic rings. The van der Waals surface area contributed by atoms with Gasteiger partial charge in [0.1, 0.15) is 0 Å². The van der Waals surface area contributed by atoms with Gasteiger partial charge in [-0.1, -0.05) is 12.8 Å². The molecule has 6 heteroatoms. The molecule has 1 fully saturated rings. The average Bonchev–Trinajstić information content (AvgIpc) is 2.84. The summed E-state index contributed by atoms with van der Waals surface area (Å²) in [6.45, 7) is 3.20. The van der Waals surface area contributed by atoms with E-state index in [9.17, 15) is 14.7 Å². The Morgan fingerprint density at radius 1 is 1.58 bits per heavy atom. The molecule has 0 saturated carbocycles. The van der Waals surface area contributed by atoms with Crippen LogP contribution in [0.15, 0.2) is 0 Å². The van der Waals surface area contributed by atoms with Crippen LogP contribution in [0.1, 0.15) is 19.8 Å². The Morgan fingerprint density at radius 3 is 2.84 bits per heavy atom. The van der Waals surface area contributed by atoms with Crippen molar-refractivity contribution in [3.05, 3.63) is 0 Å². The highest BCUT2D eigenvalue weighted by molar-refractivity contribution is 7.99. The van der Waals surface area contributed by atoms with Gasteiger partial charge in [-0.2, -0.15) is 0 Å². The number of carbonyl (C=O) groups is 2. The molecule has 1 atom stereocenters. The molecule has 0 radical (unpaired) electrons. The number of carbonyl (C=O) groups excluding carboxylic acids is 1. The van der Waals surface area contributed by atoms with Crippen LogP contribution in [-0.2, 0) is 4.79 Å². The molecule has 5 nitrogen and oxygen atoms in total. The van der Waals surface area contributed by atoms with E-state index in [0.717, 1.165) is 5.75 Å². The zero-order chi connectivity index (χ0) is 14.3. The van der Waals surface area contributed by atoms with E-state index in [4.69, 9.17) is 6.42 Å². The van der Waals surface area contributed by atoms with Crippen molar-refractivity contribution in [2.45, 2.75) is 19.8 Å². The van der Waals surface area contributed by atoms with Gasteiger partial charge in [0.25, 0.3) is 0 Å². The van der Waals surface area contributed by atoms with Crippen molar-refractivity contribution in [3.8, 4) is 12.3 Å². The number of likely N-dealkylation sites (tertiary alicyclic amines) is 1. The molecule has 1 rings (SSSR count). The third-order valence-electron chi connectivity index (χ3n) is 3.48. The summed E-state index contributed by atoms with van der Waals surface area (Å²) in [7, 11) is 0. The molecule has 0 aliphatic carbocycles. The summed E-state index contributed by atoms with van der Waals surface area (Å²) in [5.74, 6) is 3.11. The van der Waals surface area contributed by atoms with Gasteiger partial charge in [-0.05, 0) is 12.8 Å². The van der Waals surface area contributed by atoms with E-state index < -0.39 is 11.4 Å². The first-order valence-corrected chi connectivity index (χ1v) is 7.48. The number of terminal acetylenes is 1. The lowest BCUT2D eigenvalue weighted by Crippen LogP contribution is -2.42. The Labute approximate surface area is 118 Å². The highest BCUT2D eigenvalue weighted by Crippen LogP contribution is 2.34. The molecular formula is C13H20N2O3S. The van der Waals surface area contributed by atoms with Crippen LogP contribution in [0, 0.1) is 17.8 Å². The SMILES string of the molecule is C#CCSCCNC(=O)N1CCC(CC)(C(=O)O)C1. The normalized spacial score (nSPS) is 22.0. The van der Waals surface area contributed by atoms with Crippen molar-refractivity contribution in [2.24, 2.45) is 5.41 Å². The minimum atomic E-state index is -0.810. The molecule has 0 aromatic carbocycles. The summed E-state index contributed by atoms with van der Waals surface area (Å²) < 4.78 is 0. The monoisotopic (exact) mass is 284 g/mol. The lowest BCUT2D eigenvalue weighted by Gasteiger charge is -2.23. The first-order chi connectivity index (χ1) is 9.05. The van der Waals surface area contributed by atoms with Crippen LogP contribution in [0.5, 0.6) is 0 Å². The minimum Gasteiger partial charge on any atom is -0.481 e. The Hall–Kier alpha value is -1.35. The van der Waals surface area contributed by atoms with E-state index in [1.165, 1.54) is 0 Å². The Balaban J connectivity index is 2.36. The molecule has 1 aliphatic heterocycles. The van der Waals surface area contributed by atoms with Crippen LogP contribution in [0.2, 0.25) is 0 Å². The standard InChI is InChI=1S/C13H20N2O3S/c1-3-8-19-9-6-14-12(18)15-7-5-13(4-2,10-15)11(16)17/h1H,4-10H2,2H3,(H,14,18)(H,16,17). The van der Waals surface area contributed by atoms with Crippen molar-refractivity contribution >= 4 is 23.8 Å². The van der Waals surface area contributed by atoms with E-state index in [2.05, 4.69) is 11.2 Å². The second-order valence-electron chi connectivity index (χ2n) is 4.60. The van der Waals surface area contributed by atoms with Crippen molar-refractivity contribution < 1.29 is 14.7 Å². The van der Waals surface area contributed by atoms with Crippen molar-refractivity contribution in [1.29, 1.82) is 0 Å². The van der Waals surface area contributed by atoms with Gasteiger partial charge in [0.05, 0.1) is 11.2 Å². The van der Waals surface area contributed by atoms with Crippen LogP contribution in [0.4, 0.5) is 4.79 Å². The second-order valence-corrected chi connectivity index (χ2v) is 5.70. The molecule has 1 heterocycles. The van der Waals surface area contributed by atoms with Gasteiger partial charge in [-0.25, -0.2) is 4.79 Å². The summed E-state index contributed by atoms with van der Waals surface area (Å²) in [5.41, 5.74) is -0.768. The number of rotatable bonds is 6. The van der Waals surface area contributed by atoms with Crippen LogP contribution in [-0.4, -0.2) is 53.1 Å². The van der Waals surface area contributed by atoms with Crippen molar-refractivity contribution in [3.63, 3.8) is 0 Å². The smallest absolute Gasteiger partial charge is 0.317 e. The number of aliphatic carboxylic acids is 1. The predicted molar refractivity (Wildman–Crippen MR) is 76.1 cm³/mol. The first kappa shape index (κ1) is 15.7. The summed E-state index contributed by atoms with van der Waals surface area (Å²) in [5, 5.41) is 12.0. The third-order valence-corrected chi connectivity index (χ3v) is 4.34. The summed E-state index contributed by atoms with van der Waals surface area (Å²) >= 11 is 1.58. The lowest BCUT2D eigenvalue weighted by atomic mass is 9.84. The van der Waals surface area contributed by atoms with Crippen LogP contribution < -0.4 is 5.32 Å². The first-order valence-electron chi connectivity index (χ1n) is 6.33. The van der Waals surface area contributed by atoms with Crippen LogP contribution >= 0.6 is 11.8 Å². The quantitative estimate of drug-likeness (QED) is 0.569. The number of nitrogens with one attached hydrogen (secondary N) is 1. The topological polar surface area (TPSA) is 69.6 Å². The molecule has 0 aromatic heterocycles. The van der Waals surface area contributed by atoms with E-state index in [0.29, 0.717) is 38.2 Å². The summed E-state index contributed by atoms with van der Waals surface area (Å²) in [6, 6.07) is -0.183. The average molecular weight is 284 g/mol. The molecule has 0 spiro atoms. The minimum absolute atomic E-state index is 0.183. The fourth-order valence-electron chi connectivity index (χ4n) is 2.13. The molecule has 2 N–H and O–H groups in total. The number of carboxylic acid groups (broad SMARTS) is 1. The Bertz CT molecular complexity index is 381. The molecule has 0 bridgehead atoms. The van der Waals surface area contributed by atoms with Gasteiger partial charge in [0.2, 0.25) is 0 Å². The molecule has 2 amide bonds. The molecular weight excluding hydrogens is 264 g/mol. The van der Waals surface area contributed by atoms with Crippen molar-refractivity contribution in [1.82, 2.24) is 10.2 Å². The van der Waals surface area contributed by atoms with E-state index >= 15 is 0 Å². The number of nitrogens with zero attached hydrogens (tertiary/aromatic N) is 1. The van der Waals surface area contributed by atoms with E-state index in [1.807, 2.05) is 6.92 Å². The molecule has 1 unspecified atom stereocenters. The van der Waals surface area contributed by atoms with Gasteiger partial charge in [-0.15, -0.1) is 18.2 Å². The number of hydrogen-bond acceptors (Lipinski definition) is 3. The molecule has 1 aliphatic rings. The number of amides is 2. The largest absolute Gasteiger partial charge is 0.481 e. The third kappa shape index (κ3) is 4.06. The maximum atomic E-state index is 11.9. The number of urea groups is 1. The zero-order valence-corrected chi connectivity index (χ0v) is 12.0. The van der Waals surface area contributed by atoms with Crippen LogP contribution in [0.3, 0.4) is 0 Å². The zero-order valence-electron chi connectivity index (χ0n) is 11.1. The predicted octanol–water partition coefficient (Wildman–Crippen LogP) is 1.25. The fourth-order valence-corrected chi connectivity index (χ4v) is 2.64. The number of hydrogen-bond donors (Lipinski definition) is 2.